The number of amides is 1. The van der Waals surface area contributed by atoms with Gasteiger partial charge < -0.3 is 18.6 Å². The number of alkyl halides is 3. The largest absolute Gasteiger partial charge is 0.534 e. The van der Waals surface area contributed by atoms with Crippen molar-refractivity contribution in [1.29, 1.82) is 0 Å². The second kappa shape index (κ2) is 10.4. The van der Waals surface area contributed by atoms with E-state index in [-0.39, 0.29) is 42.2 Å². The number of aromatic nitrogens is 3. The molecule has 4 aromatic rings. The fourth-order valence-corrected chi connectivity index (χ4v) is 5.76. The van der Waals surface area contributed by atoms with Crippen molar-refractivity contribution in [3.63, 3.8) is 0 Å². The zero-order valence-electron chi connectivity index (χ0n) is 22.7. The van der Waals surface area contributed by atoms with Crippen LogP contribution in [0, 0.1) is 5.82 Å². The Hall–Kier alpha value is -3.92. The molecule has 10 nitrogen and oxygen atoms in total. The Bertz CT molecular complexity index is 1790. The number of nitrogens with zero attached hydrogens (tertiary/aromatic N) is 4. The van der Waals surface area contributed by atoms with Gasteiger partial charge in [0.05, 0.1) is 31.3 Å². The van der Waals surface area contributed by atoms with Crippen LogP contribution in [0.3, 0.4) is 0 Å². The molecule has 1 aliphatic rings. The standard InChI is InChI=1S/C26H24F4N4O6S2/c1-25(2,3)39-24(35)33-8-9-34-15(13-33)12-18(32-34)21-20(16-6-5-14(27)11-19(16)38-4)22-17(7-10-41-22)23(31-21)40-42(36,37)26(28,29)30/h5-7,10-12H,8-9,13H2,1-4H3. The first-order valence-corrected chi connectivity index (χ1v) is 14.7. The number of pyridine rings is 1. The van der Waals surface area contributed by atoms with Crippen LogP contribution in [-0.2, 0) is 27.9 Å². The SMILES string of the molecule is COc1cc(F)ccc1-c1c(-c2cc3n(n2)CCN(C(=O)OC(C)(C)C)C3)nc(OS(=O)(=O)C(F)(F)F)c2ccsc12. The van der Waals surface area contributed by atoms with Crippen molar-refractivity contribution in [2.75, 3.05) is 13.7 Å². The van der Waals surface area contributed by atoms with E-state index in [1.54, 1.807) is 31.5 Å². The summed E-state index contributed by atoms with van der Waals surface area (Å²) in [6.45, 7) is 5.90. The van der Waals surface area contributed by atoms with E-state index in [4.69, 9.17) is 9.47 Å². The summed E-state index contributed by atoms with van der Waals surface area (Å²) in [5.41, 5.74) is -5.08. The molecule has 3 aromatic heterocycles. The van der Waals surface area contributed by atoms with E-state index in [9.17, 15) is 30.8 Å². The minimum absolute atomic E-state index is 0.0157. The molecule has 1 aliphatic heterocycles. The van der Waals surface area contributed by atoms with E-state index in [0.717, 1.165) is 17.4 Å². The first-order chi connectivity index (χ1) is 19.6. The van der Waals surface area contributed by atoms with E-state index < -0.39 is 39.0 Å². The van der Waals surface area contributed by atoms with Crippen LogP contribution in [0.5, 0.6) is 11.6 Å². The fraction of sp³-hybridized carbons (Fsp3) is 0.346. The second-order valence-corrected chi connectivity index (χ2v) is 12.7. The number of halogens is 4. The molecule has 0 atom stereocenters. The Balaban J connectivity index is 1.69. The number of fused-ring (bicyclic) bond motifs is 2. The smallest absolute Gasteiger partial charge is 0.496 e. The maximum absolute atomic E-state index is 14.1. The Labute approximate surface area is 241 Å². The minimum Gasteiger partial charge on any atom is -0.496 e. The number of carbonyl (C=O) groups is 1. The Morgan fingerprint density at radius 2 is 1.83 bits per heavy atom. The van der Waals surface area contributed by atoms with Gasteiger partial charge in [-0.3, -0.25) is 4.68 Å². The predicted molar refractivity (Wildman–Crippen MR) is 145 cm³/mol. The zero-order chi connectivity index (χ0) is 30.6. The summed E-state index contributed by atoms with van der Waals surface area (Å²) in [5, 5.41) is 6.08. The summed E-state index contributed by atoms with van der Waals surface area (Å²) in [6.07, 6.45) is -0.528. The topological polar surface area (TPSA) is 113 Å². The molecule has 42 heavy (non-hydrogen) atoms. The Kier molecular flexibility index (Phi) is 7.33. The van der Waals surface area contributed by atoms with E-state index in [1.807, 2.05) is 0 Å². The Morgan fingerprint density at radius 3 is 2.50 bits per heavy atom. The van der Waals surface area contributed by atoms with Crippen LogP contribution in [0.25, 0.3) is 32.6 Å². The summed E-state index contributed by atoms with van der Waals surface area (Å²) in [7, 11) is -4.74. The molecule has 0 bridgehead atoms. The number of benzene rings is 1. The summed E-state index contributed by atoms with van der Waals surface area (Å²) in [5.74, 6) is -1.29. The molecule has 0 saturated heterocycles. The number of ether oxygens (including phenoxy) is 2. The van der Waals surface area contributed by atoms with Gasteiger partial charge in [-0.25, -0.2) is 14.2 Å². The van der Waals surface area contributed by atoms with Gasteiger partial charge in [0.15, 0.2) is 0 Å². The first kappa shape index (κ1) is 29.6. The summed E-state index contributed by atoms with van der Waals surface area (Å²) >= 11 is 1.08. The van der Waals surface area contributed by atoms with Crippen LogP contribution in [0.4, 0.5) is 22.4 Å². The number of methoxy groups -OCH3 is 1. The summed E-state index contributed by atoms with van der Waals surface area (Å²) < 4.78 is 95.1. The summed E-state index contributed by atoms with van der Waals surface area (Å²) in [6, 6.07) is 6.68. The van der Waals surface area contributed by atoms with Gasteiger partial charge in [0, 0.05) is 28.4 Å². The fourth-order valence-electron chi connectivity index (χ4n) is 4.38. The van der Waals surface area contributed by atoms with Crippen molar-refractivity contribution >= 4 is 37.6 Å². The van der Waals surface area contributed by atoms with Crippen molar-refractivity contribution in [3.05, 3.63) is 47.2 Å². The molecule has 0 fully saturated rings. The van der Waals surface area contributed by atoms with Crippen molar-refractivity contribution < 1.29 is 44.4 Å². The number of rotatable bonds is 5. The first-order valence-electron chi connectivity index (χ1n) is 12.4. The minimum atomic E-state index is -6.06. The van der Waals surface area contributed by atoms with Crippen molar-refractivity contribution in [3.8, 4) is 34.1 Å². The number of hydrogen-bond acceptors (Lipinski definition) is 9. The van der Waals surface area contributed by atoms with Gasteiger partial charge in [0.2, 0.25) is 5.88 Å². The van der Waals surface area contributed by atoms with E-state index in [0.29, 0.717) is 21.5 Å². The van der Waals surface area contributed by atoms with Gasteiger partial charge in [-0.05, 0) is 50.4 Å². The van der Waals surface area contributed by atoms with Gasteiger partial charge in [-0.2, -0.15) is 26.7 Å². The lowest BCUT2D eigenvalue weighted by molar-refractivity contribution is -0.0500. The third kappa shape index (κ3) is 5.60. The quantitative estimate of drug-likeness (QED) is 0.151. The maximum atomic E-state index is 14.1. The third-order valence-electron chi connectivity index (χ3n) is 6.17. The molecule has 0 spiro atoms. The lowest BCUT2D eigenvalue weighted by atomic mass is 9.99. The highest BCUT2D eigenvalue weighted by Crippen LogP contribution is 2.46. The predicted octanol–water partition coefficient (Wildman–Crippen LogP) is 5.95. The maximum Gasteiger partial charge on any atom is 0.534 e. The van der Waals surface area contributed by atoms with Crippen LogP contribution >= 0.6 is 11.3 Å². The van der Waals surface area contributed by atoms with Crippen LogP contribution in [0.15, 0.2) is 35.7 Å². The van der Waals surface area contributed by atoms with Crippen molar-refractivity contribution in [2.45, 2.75) is 45.0 Å². The van der Waals surface area contributed by atoms with E-state index in [1.165, 1.54) is 35.6 Å². The molecule has 224 valence electrons. The van der Waals surface area contributed by atoms with E-state index >= 15 is 0 Å². The number of thiophene rings is 1. The molecule has 0 saturated carbocycles. The molecule has 16 heteroatoms. The second-order valence-electron chi connectivity index (χ2n) is 10.3. The third-order valence-corrected chi connectivity index (χ3v) is 8.05. The van der Waals surface area contributed by atoms with Crippen LogP contribution in [-0.4, -0.2) is 58.9 Å². The average Bonchev–Trinajstić information content (AvgIpc) is 3.54. The molecule has 5 rings (SSSR count). The van der Waals surface area contributed by atoms with Crippen LogP contribution in [0.1, 0.15) is 26.5 Å². The molecular formula is C26H24F4N4O6S2. The van der Waals surface area contributed by atoms with E-state index in [2.05, 4.69) is 14.3 Å². The lowest BCUT2D eigenvalue weighted by Crippen LogP contribution is -2.41. The molecule has 4 heterocycles. The van der Waals surface area contributed by atoms with Crippen molar-refractivity contribution in [2.24, 2.45) is 0 Å². The molecule has 0 unspecified atom stereocenters. The number of carbonyl (C=O) groups excluding carboxylic acids is 1. The van der Waals surface area contributed by atoms with Gasteiger partial charge in [-0.15, -0.1) is 11.3 Å². The molecule has 1 aromatic carbocycles. The van der Waals surface area contributed by atoms with Gasteiger partial charge in [-0.1, -0.05) is 0 Å². The zero-order valence-corrected chi connectivity index (χ0v) is 24.3. The van der Waals surface area contributed by atoms with Crippen LogP contribution < -0.4 is 8.92 Å². The van der Waals surface area contributed by atoms with Gasteiger partial charge in [0.1, 0.15) is 28.6 Å². The molecular weight excluding hydrogens is 604 g/mol. The van der Waals surface area contributed by atoms with Gasteiger partial charge in [0.25, 0.3) is 0 Å². The monoisotopic (exact) mass is 628 g/mol. The Morgan fingerprint density at radius 1 is 1.10 bits per heavy atom. The lowest BCUT2D eigenvalue weighted by Gasteiger charge is -2.30. The molecule has 0 radical (unpaired) electrons. The van der Waals surface area contributed by atoms with Crippen LogP contribution in [0.2, 0.25) is 0 Å². The molecule has 1 amide bonds. The molecule has 0 N–H and O–H groups in total. The average molecular weight is 629 g/mol. The van der Waals surface area contributed by atoms with Gasteiger partial charge >= 0.3 is 21.7 Å². The highest BCUT2D eigenvalue weighted by molar-refractivity contribution is 7.88. The summed E-state index contributed by atoms with van der Waals surface area (Å²) in [4.78, 5) is 18.4. The van der Waals surface area contributed by atoms with Crippen molar-refractivity contribution in [1.82, 2.24) is 19.7 Å². The number of hydrogen-bond donors (Lipinski definition) is 0. The molecule has 0 aliphatic carbocycles. The highest BCUT2D eigenvalue weighted by atomic mass is 32.2. The normalized spacial score (nSPS) is 14.1. The highest BCUT2D eigenvalue weighted by Gasteiger charge is 2.49.